The lowest BCUT2D eigenvalue weighted by molar-refractivity contribution is 0.279. The Morgan fingerprint density at radius 3 is 2.95 bits per heavy atom. The van der Waals surface area contributed by atoms with Gasteiger partial charge in [0.2, 0.25) is 0 Å². The van der Waals surface area contributed by atoms with Crippen LogP contribution in [0, 0.1) is 23.2 Å². The van der Waals surface area contributed by atoms with Gasteiger partial charge in [-0.25, -0.2) is 9.50 Å². The minimum Gasteiger partial charge on any atom is -0.346 e. The topological polar surface area (TPSA) is 82.7 Å². The van der Waals surface area contributed by atoms with Gasteiger partial charge in [0.15, 0.2) is 0 Å². The van der Waals surface area contributed by atoms with Gasteiger partial charge in [-0.15, -0.1) is 5.10 Å². The molecular formula is C16H18N6. The average molecular weight is 294 g/mol. The van der Waals surface area contributed by atoms with Crippen molar-refractivity contribution in [1.82, 2.24) is 24.8 Å². The largest absolute Gasteiger partial charge is 0.346 e. The van der Waals surface area contributed by atoms with Crippen LogP contribution in [0.5, 0.6) is 0 Å². The van der Waals surface area contributed by atoms with E-state index in [0.29, 0.717) is 11.8 Å². The van der Waals surface area contributed by atoms with Crippen LogP contribution in [0.25, 0.3) is 16.6 Å². The number of rotatable bonds is 2. The van der Waals surface area contributed by atoms with E-state index in [1.54, 1.807) is 10.8 Å². The first-order chi connectivity index (χ1) is 10.8. The zero-order chi connectivity index (χ0) is 15.1. The Kier molecular flexibility index (Phi) is 3.07. The number of nitrogens with zero attached hydrogens (tertiary/aromatic N) is 5. The van der Waals surface area contributed by atoms with Crippen molar-refractivity contribution >= 4 is 16.6 Å². The van der Waals surface area contributed by atoms with E-state index < -0.39 is 0 Å². The highest BCUT2D eigenvalue weighted by molar-refractivity contribution is 5.92. The van der Waals surface area contributed by atoms with E-state index in [1.165, 1.54) is 0 Å². The Hall–Kier alpha value is -2.42. The van der Waals surface area contributed by atoms with E-state index >= 15 is 0 Å². The fourth-order valence-corrected chi connectivity index (χ4v) is 3.69. The number of nitrogens with one attached hydrogen (secondary N) is 1. The SMILES string of the molecule is CC(C#N)C1CCC(c2nnn3cnc4[nH]ccc4c23)CC1. The maximum atomic E-state index is 9.09. The van der Waals surface area contributed by atoms with Crippen LogP contribution in [-0.2, 0) is 0 Å². The lowest BCUT2D eigenvalue weighted by Gasteiger charge is -2.28. The van der Waals surface area contributed by atoms with Gasteiger partial charge in [0.1, 0.15) is 17.5 Å². The Morgan fingerprint density at radius 2 is 2.18 bits per heavy atom. The number of hydrogen-bond acceptors (Lipinski definition) is 4. The number of H-pyrrole nitrogens is 1. The zero-order valence-electron chi connectivity index (χ0n) is 12.5. The smallest absolute Gasteiger partial charge is 0.141 e. The lowest BCUT2D eigenvalue weighted by Crippen LogP contribution is -2.18. The maximum absolute atomic E-state index is 9.09. The first-order valence-electron chi connectivity index (χ1n) is 7.84. The van der Waals surface area contributed by atoms with Gasteiger partial charge >= 0.3 is 0 Å². The second-order valence-corrected chi connectivity index (χ2v) is 6.28. The molecule has 1 fully saturated rings. The summed E-state index contributed by atoms with van der Waals surface area (Å²) in [6.07, 6.45) is 7.98. The van der Waals surface area contributed by atoms with E-state index in [1.807, 2.05) is 19.2 Å². The van der Waals surface area contributed by atoms with Gasteiger partial charge < -0.3 is 4.98 Å². The molecule has 0 aromatic carbocycles. The number of aromatic amines is 1. The molecule has 1 N–H and O–H groups in total. The van der Waals surface area contributed by atoms with E-state index in [4.69, 9.17) is 5.26 Å². The number of nitriles is 1. The van der Waals surface area contributed by atoms with Crippen LogP contribution in [0.2, 0.25) is 0 Å². The molecule has 0 spiro atoms. The van der Waals surface area contributed by atoms with E-state index in [9.17, 15) is 0 Å². The molecule has 1 saturated carbocycles. The van der Waals surface area contributed by atoms with Crippen LogP contribution < -0.4 is 0 Å². The summed E-state index contributed by atoms with van der Waals surface area (Å²) < 4.78 is 1.77. The van der Waals surface area contributed by atoms with E-state index in [-0.39, 0.29) is 5.92 Å². The molecule has 6 nitrogen and oxygen atoms in total. The minimum absolute atomic E-state index is 0.151. The molecule has 22 heavy (non-hydrogen) atoms. The minimum atomic E-state index is 0.151. The molecule has 0 bridgehead atoms. The van der Waals surface area contributed by atoms with E-state index in [2.05, 4.69) is 26.3 Å². The van der Waals surface area contributed by atoms with Gasteiger partial charge in [0, 0.05) is 23.4 Å². The van der Waals surface area contributed by atoms with Crippen LogP contribution in [0.15, 0.2) is 18.6 Å². The van der Waals surface area contributed by atoms with Crippen molar-refractivity contribution in [2.45, 2.75) is 38.5 Å². The molecule has 0 amide bonds. The average Bonchev–Trinajstić information content (AvgIpc) is 3.19. The van der Waals surface area contributed by atoms with Crippen molar-refractivity contribution in [3.05, 3.63) is 24.3 Å². The predicted molar refractivity (Wildman–Crippen MR) is 82.1 cm³/mol. The fraction of sp³-hybridized carbons (Fsp3) is 0.500. The molecule has 0 saturated heterocycles. The Labute approximate surface area is 128 Å². The van der Waals surface area contributed by atoms with Crippen molar-refractivity contribution < 1.29 is 0 Å². The third kappa shape index (κ3) is 1.97. The van der Waals surface area contributed by atoms with Crippen molar-refractivity contribution in [2.75, 3.05) is 0 Å². The van der Waals surface area contributed by atoms with Crippen molar-refractivity contribution in [3.63, 3.8) is 0 Å². The highest BCUT2D eigenvalue weighted by Gasteiger charge is 2.29. The fourth-order valence-electron chi connectivity index (χ4n) is 3.69. The van der Waals surface area contributed by atoms with Gasteiger partial charge in [0.25, 0.3) is 0 Å². The summed E-state index contributed by atoms with van der Waals surface area (Å²) in [6.45, 7) is 2.04. The number of fused-ring (bicyclic) bond motifs is 3. The first kappa shape index (κ1) is 13.3. The quantitative estimate of drug-likeness (QED) is 0.787. The maximum Gasteiger partial charge on any atom is 0.141 e. The summed E-state index contributed by atoms with van der Waals surface area (Å²) in [5.74, 6) is 1.11. The van der Waals surface area contributed by atoms with Crippen LogP contribution in [0.1, 0.15) is 44.2 Å². The molecule has 1 unspecified atom stereocenters. The monoisotopic (exact) mass is 294 g/mol. The Balaban J connectivity index is 1.68. The van der Waals surface area contributed by atoms with Gasteiger partial charge in [-0.2, -0.15) is 5.26 Å². The van der Waals surface area contributed by atoms with Crippen molar-refractivity contribution in [3.8, 4) is 6.07 Å². The third-order valence-corrected chi connectivity index (χ3v) is 5.07. The third-order valence-electron chi connectivity index (χ3n) is 5.07. The molecule has 3 aromatic heterocycles. The van der Waals surface area contributed by atoms with Gasteiger partial charge in [0.05, 0.1) is 11.8 Å². The molecule has 0 radical (unpaired) electrons. The summed E-state index contributed by atoms with van der Waals surface area (Å²) in [4.78, 5) is 7.49. The summed E-state index contributed by atoms with van der Waals surface area (Å²) in [6, 6.07) is 4.43. The molecular weight excluding hydrogens is 276 g/mol. The summed E-state index contributed by atoms with van der Waals surface area (Å²) in [7, 11) is 0. The second-order valence-electron chi connectivity index (χ2n) is 6.28. The van der Waals surface area contributed by atoms with Gasteiger partial charge in [-0.3, -0.25) is 0 Å². The van der Waals surface area contributed by atoms with Crippen molar-refractivity contribution in [1.29, 1.82) is 5.26 Å². The molecule has 3 aromatic rings. The molecule has 6 heteroatoms. The molecule has 4 rings (SSSR count). The summed E-state index contributed by atoms with van der Waals surface area (Å²) in [5.41, 5.74) is 3.03. The normalized spacial score (nSPS) is 23.6. The van der Waals surface area contributed by atoms with Gasteiger partial charge in [-0.1, -0.05) is 5.21 Å². The summed E-state index contributed by atoms with van der Waals surface area (Å²) in [5, 5.41) is 18.8. The molecule has 112 valence electrons. The first-order valence-corrected chi connectivity index (χ1v) is 7.84. The highest BCUT2D eigenvalue weighted by Crippen LogP contribution is 2.39. The zero-order valence-corrected chi connectivity index (χ0v) is 12.5. The number of aromatic nitrogens is 5. The highest BCUT2D eigenvalue weighted by atomic mass is 15.4. The van der Waals surface area contributed by atoms with Crippen LogP contribution >= 0.6 is 0 Å². The summed E-state index contributed by atoms with van der Waals surface area (Å²) >= 11 is 0. The van der Waals surface area contributed by atoms with Crippen LogP contribution in [0.4, 0.5) is 0 Å². The molecule has 0 aliphatic heterocycles. The molecule has 3 heterocycles. The second kappa shape index (κ2) is 5.09. The van der Waals surface area contributed by atoms with Crippen LogP contribution in [0.3, 0.4) is 0 Å². The lowest BCUT2D eigenvalue weighted by atomic mass is 9.75. The molecule has 1 aliphatic carbocycles. The standard InChI is InChI=1S/C16H18N6/c1-10(8-17)11-2-4-12(5-3-11)14-15-13-6-7-18-16(13)19-9-22(15)21-20-14/h6-7,9-12,18H,2-5H2,1H3. The predicted octanol–water partition coefficient (Wildman–Crippen LogP) is 3.04. The van der Waals surface area contributed by atoms with Crippen molar-refractivity contribution in [2.24, 2.45) is 11.8 Å². The Morgan fingerprint density at radius 1 is 1.36 bits per heavy atom. The van der Waals surface area contributed by atoms with Crippen LogP contribution in [-0.4, -0.2) is 24.8 Å². The number of hydrogen-bond donors (Lipinski definition) is 1. The Bertz CT molecular complexity index is 846. The van der Waals surface area contributed by atoms with Gasteiger partial charge in [-0.05, 0) is 44.6 Å². The van der Waals surface area contributed by atoms with E-state index in [0.717, 1.165) is 47.9 Å². The molecule has 1 atom stereocenters. The molecule has 1 aliphatic rings.